The average molecular weight is 534 g/mol. The van der Waals surface area contributed by atoms with Gasteiger partial charge in [-0.05, 0) is 18.2 Å². The first-order valence-electron chi connectivity index (χ1n) is 10.7. The van der Waals surface area contributed by atoms with E-state index in [0.29, 0.717) is 4.68 Å². The van der Waals surface area contributed by atoms with E-state index < -0.39 is 57.8 Å². The third kappa shape index (κ3) is 5.36. The Morgan fingerprint density at radius 3 is 2.00 bits per heavy atom. The van der Waals surface area contributed by atoms with Gasteiger partial charge in [0.2, 0.25) is 5.88 Å². The number of carboxylic acids is 1. The summed E-state index contributed by atoms with van der Waals surface area (Å²) >= 11 is 0. The molecule has 0 fully saturated rings. The molecule has 0 radical (unpaired) electrons. The lowest BCUT2D eigenvalue weighted by molar-refractivity contribution is -0.137. The number of pyridine rings is 1. The van der Waals surface area contributed by atoms with Crippen LogP contribution in [-0.4, -0.2) is 37.9 Å². The summed E-state index contributed by atoms with van der Waals surface area (Å²) < 4.78 is 88.1. The van der Waals surface area contributed by atoms with Crippen molar-refractivity contribution in [3.63, 3.8) is 0 Å². The first-order chi connectivity index (χ1) is 17.9. The molecule has 0 spiro atoms. The van der Waals surface area contributed by atoms with Crippen LogP contribution in [0.15, 0.2) is 66.9 Å². The summed E-state index contributed by atoms with van der Waals surface area (Å²) in [5.41, 5.74) is -3.71. The molecule has 0 unspecified atom stereocenters. The van der Waals surface area contributed by atoms with Crippen molar-refractivity contribution in [2.45, 2.75) is 12.4 Å². The van der Waals surface area contributed by atoms with E-state index in [1.807, 2.05) is 0 Å². The highest BCUT2D eigenvalue weighted by Crippen LogP contribution is 2.39. The Balaban J connectivity index is 2.00. The van der Waals surface area contributed by atoms with E-state index in [1.165, 1.54) is 31.4 Å². The summed E-state index contributed by atoms with van der Waals surface area (Å²) in [6.07, 6.45) is -7.65. The Morgan fingerprint density at radius 2 is 1.47 bits per heavy atom. The Labute approximate surface area is 210 Å². The van der Waals surface area contributed by atoms with E-state index in [2.05, 4.69) is 15.1 Å². The molecule has 0 aliphatic rings. The van der Waals surface area contributed by atoms with Crippen molar-refractivity contribution in [2.75, 3.05) is 7.11 Å². The number of ether oxygens (including phenoxy) is 1. The number of hydrogen-bond acceptors (Lipinski definition) is 5. The Morgan fingerprint density at radius 1 is 0.895 bits per heavy atom. The van der Waals surface area contributed by atoms with Gasteiger partial charge in [0.25, 0.3) is 0 Å². The monoisotopic (exact) mass is 534 g/mol. The molecular formula is C25H16F6N4O3. The van der Waals surface area contributed by atoms with E-state index in [9.17, 15) is 36.2 Å². The smallest absolute Gasteiger partial charge is 0.417 e. The van der Waals surface area contributed by atoms with Crippen LogP contribution in [-0.2, 0) is 17.1 Å². The van der Waals surface area contributed by atoms with Crippen LogP contribution in [0.1, 0.15) is 16.7 Å². The van der Waals surface area contributed by atoms with Gasteiger partial charge in [0.15, 0.2) is 11.6 Å². The van der Waals surface area contributed by atoms with Crippen LogP contribution < -0.4 is 4.74 Å². The maximum atomic E-state index is 13.8. The zero-order valence-electron chi connectivity index (χ0n) is 19.2. The van der Waals surface area contributed by atoms with E-state index >= 15 is 0 Å². The number of carboxylic acid groups (broad SMARTS) is 1. The molecule has 0 aliphatic heterocycles. The van der Waals surface area contributed by atoms with Crippen molar-refractivity contribution in [2.24, 2.45) is 0 Å². The molecule has 0 atom stereocenters. The van der Waals surface area contributed by atoms with Crippen LogP contribution in [0.2, 0.25) is 0 Å². The summed E-state index contributed by atoms with van der Waals surface area (Å²) in [5, 5.41) is 13.8. The van der Waals surface area contributed by atoms with Crippen molar-refractivity contribution >= 4 is 17.7 Å². The number of alkyl halides is 6. The molecule has 13 heteroatoms. The number of carbonyl (C=O) groups is 1. The largest absolute Gasteiger partial charge is 0.481 e. The molecule has 7 nitrogen and oxygen atoms in total. The van der Waals surface area contributed by atoms with Gasteiger partial charge in [0.1, 0.15) is 0 Å². The van der Waals surface area contributed by atoms with E-state index in [4.69, 9.17) is 4.74 Å². The molecule has 0 saturated carbocycles. The minimum atomic E-state index is -4.85. The highest BCUT2D eigenvalue weighted by molar-refractivity contribution is 6.19. The normalized spacial score (nSPS) is 12.4. The Hall–Kier alpha value is -4.68. The molecule has 4 rings (SSSR count). The van der Waals surface area contributed by atoms with E-state index in [0.717, 1.165) is 48.8 Å². The highest BCUT2D eigenvalue weighted by Gasteiger charge is 2.37. The predicted octanol–water partition coefficient (Wildman–Crippen LogP) is 6.14. The number of aliphatic carboxylic acids is 1. The van der Waals surface area contributed by atoms with Crippen LogP contribution in [0.25, 0.3) is 34.5 Å². The molecule has 196 valence electrons. The van der Waals surface area contributed by atoms with Gasteiger partial charge in [-0.15, -0.1) is 5.10 Å². The standard InChI is InChI=1S/C25H16F6N4O3/c1-38-20-11-10-14(12-32-20)17(23(36)37)13-35-22(16-7-3-5-9-19(16)25(29,30)31)33-21(34-35)15-6-2-4-8-18(15)24(26,27)28/h2-13H,1H3,(H,36,37)/b17-13+. The zero-order valence-corrected chi connectivity index (χ0v) is 19.2. The fourth-order valence-corrected chi connectivity index (χ4v) is 3.60. The predicted molar refractivity (Wildman–Crippen MR) is 123 cm³/mol. The summed E-state index contributed by atoms with van der Waals surface area (Å²) in [5.74, 6) is -2.41. The number of nitrogens with zero attached hydrogens (tertiary/aromatic N) is 4. The number of methoxy groups -OCH3 is 1. The topological polar surface area (TPSA) is 90.1 Å². The first-order valence-corrected chi connectivity index (χ1v) is 10.7. The Kier molecular flexibility index (Phi) is 6.94. The summed E-state index contributed by atoms with van der Waals surface area (Å²) in [7, 11) is 1.34. The minimum absolute atomic E-state index is 0.0288. The first kappa shape index (κ1) is 26.4. The van der Waals surface area contributed by atoms with Gasteiger partial charge < -0.3 is 9.84 Å². The van der Waals surface area contributed by atoms with Gasteiger partial charge in [-0.3, -0.25) is 0 Å². The lowest BCUT2D eigenvalue weighted by Gasteiger charge is -2.12. The third-order valence-electron chi connectivity index (χ3n) is 5.32. The van der Waals surface area contributed by atoms with Crippen molar-refractivity contribution in [1.82, 2.24) is 19.7 Å². The van der Waals surface area contributed by atoms with Crippen LogP contribution >= 0.6 is 0 Å². The van der Waals surface area contributed by atoms with Crippen molar-refractivity contribution in [3.05, 3.63) is 83.6 Å². The SMILES string of the molecule is COc1ccc(/C(=C\n2nc(-c3ccccc3C(F)(F)F)nc2-c2ccccc2C(F)(F)F)C(=O)O)cn1. The molecule has 2 aromatic heterocycles. The summed E-state index contributed by atoms with van der Waals surface area (Å²) in [6.45, 7) is 0. The molecular weight excluding hydrogens is 518 g/mol. The van der Waals surface area contributed by atoms with Crippen LogP contribution in [0, 0.1) is 0 Å². The van der Waals surface area contributed by atoms with Crippen LogP contribution in [0.5, 0.6) is 5.88 Å². The summed E-state index contributed by atoms with van der Waals surface area (Å²) in [4.78, 5) is 20.0. The van der Waals surface area contributed by atoms with Crippen molar-refractivity contribution < 1.29 is 41.0 Å². The van der Waals surface area contributed by atoms with Crippen LogP contribution in [0.4, 0.5) is 26.3 Å². The van der Waals surface area contributed by atoms with E-state index in [-0.39, 0.29) is 11.4 Å². The molecule has 2 aromatic carbocycles. The number of benzene rings is 2. The van der Waals surface area contributed by atoms with Gasteiger partial charge in [-0.25, -0.2) is 19.4 Å². The quantitative estimate of drug-likeness (QED) is 0.236. The fourth-order valence-electron chi connectivity index (χ4n) is 3.60. The second kappa shape index (κ2) is 10.00. The number of hydrogen-bond donors (Lipinski definition) is 1. The zero-order chi connectivity index (χ0) is 27.7. The summed E-state index contributed by atoms with van der Waals surface area (Å²) in [6, 6.07) is 11.2. The fraction of sp³-hybridized carbons (Fsp3) is 0.120. The molecule has 0 bridgehead atoms. The maximum Gasteiger partial charge on any atom is 0.417 e. The minimum Gasteiger partial charge on any atom is -0.481 e. The molecule has 0 amide bonds. The van der Waals surface area contributed by atoms with Crippen molar-refractivity contribution in [3.8, 4) is 28.7 Å². The van der Waals surface area contributed by atoms with Gasteiger partial charge >= 0.3 is 18.3 Å². The Bertz CT molecular complexity index is 1510. The van der Waals surface area contributed by atoms with Crippen LogP contribution in [0.3, 0.4) is 0 Å². The molecule has 1 N–H and O–H groups in total. The molecule has 0 aliphatic carbocycles. The molecule has 2 heterocycles. The average Bonchev–Trinajstić information content (AvgIpc) is 3.30. The molecule has 4 aromatic rings. The second-order valence-corrected chi connectivity index (χ2v) is 7.73. The number of halogens is 6. The maximum absolute atomic E-state index is 13.8. The van der Waals surface area contributed by atoms with Crippen molar-refractivity contribution in [1.29, 1.82) is 0 Å². The lowest BCUT2D eigenvalue weighted by Crippen LogP contribution is -2.09. The molecule has 0 saturated heterocycles. The lowest BCUT2D eigenvalue weighted by atomic mass is 10.1. The number of rotatable bonds is 6. The van der Waals surface area contributed by atoms with Gasteiger partial charge in [-0.2, -0.15) is 26.3 Å². The second-order valence-electron chi connectivity index (χ2n) is 7.73. The van der Waals surface area contributed by atoms with Gasteiger partial charge in [0, 0.05) is 35.2 Å². The van der Waals surface area contributed by atoms with Gasteiger partial charge in [-0.1, -0.05) is 36.4 Å². The highest BCUT2D eigenvalue weighted by atomic mass is 19.4. The third-order valence-corrected chi connectivity index (χ3v) is 5.32. The van der Waals surface area contributed by atoms with Gasteiger partial charge in [0.05, 0.1) is 23.8 Å². The molecule has 38 heavy (non-hydrogen) atoms. The number of aromatic nitrogens is 4. The van der Waals surface area contributed by atoms with E-state index in [1.54, 1.807) is 0 Å².